The van der Waals surface area contributed by atoms with Gasteiger partial charge in [-0.25, -0.2) is 4.90 Å². The van der Waals surface area contributed by atoms with Crippen LogP contribution < -0.4 is 24.6 Å². The Labute approximate surface area is 276 Å². The van der Waals surface area contributed by atoms with Crippen LogP contribution in [-0.2, 0) is 14.4 Å². The number of hydrogen-bond donors (Lipinski definition) is 2. The van der Waals surface area contributed by atoms with Crippen molar-refractivity contribution < 1.29 is 23.9 Å². The molecule has 2 aliphatic rings. The third kappa shape index (κ3) is 5.55. The van der Waals surface area contributed by atoms with Crippen LogP contribution in [0.25, 0.3) is 10.8 Å². The molecule has 3 heterocycles. The first-order chi connectivity index (χ1) is 22.3. The Morgan fingerprint density at radius 1 is 0.913 bits per heavy atom. The van der Waals surface area contributed by atoms with Gasteiger partial charge >= 0.3 is 4.87 Å². The van der Waals surface area contributed by atoms with E-state index in [1.807, 2.05) is 49.4 Å². The summed E-state index contributed by atoms with van der Waals surface area (Å²) >= 11 is 8.29. The average molecular weight is 672 g/mol. The predicted octanol–water partition coefficient (Wildman–Crippen LogP) is 6.46. The minimum absolute atomic E-state index is 0.260. The number of nitrogens with one attached hydrogen (secondary N) is 2. The number of halogens is 1. The molecule has 232 valence electrons. The van der Waals surface area contributed by atoms with Crippen LogP contribution in [-0.4, -0.2) is 41.2 Å². The SMILES string of the molecule is CCOc1cc([C@@H]2c3sc(=O)[nH]c3S[C@H]3C(=O)N(c4ccc(Cl)cc4)C(=O)[C@@H]23)ccc1OCC(=O)Nc1ccc2ccccc2c1. The number of hydrogen-bond acceptors (Lipinski definition) is 8. The molecule has 1 saturated heterocycles. The quantitative estimate of drug-likeness (QED) is 0.182. The first-order valence-electron chi connectivity index (χ1n) is 14.5. The van der Waals surface area contributed by atoms with Crippen molar-refractivity contribution in [2.24, 2.45) is 5.92 Å². The fourth-order valence-corrected chi connectivity index (χ4v) is 8.58. The van der Waals surface area contributed by atoms with Gasteiger partial charge in [0.1, 0.15) is 5.25 Å². The number of thioether (sulfide) groups is 1. The van der Waals surface area contributed by atoms with Crippen molar-refractivity contribution in [2.45, 2.75) is 23.1 Å². The van der Waals surface area contributed by atoms with Crippen LogP contribution in [0.2, 0.25) is 5.02 Å². The Morgan fingerprint density at radius 2 is 1.70 bits per heavy atom. The highest BCUT2D eigenvalue weighted by Crippen LogP contribution is 2.53. The minimum Gasteiger partial charge on any atom is -0.490 e. The van der Waals surface area contributed by atoms with Gasteiger partial charge in [0.2, 0.25) is 11.8 Å². The van der Waals surface area contributed by atoms with Crippen LogP contribution in [0.5, 0.6) is 11.5 Å². The number of carbonyl (C=O) groups is 3. The number of nitrogens with zero attached hydrogens (tertiary/aromatic N) is 1. The molecule has 0 bridgehead atoms. The van der Waals surface area contributed by atoms with E-state index >= 15 is 0 Å². The largest absolute Gasteiger partial charge is 0.490 e. The van der Waals surface area contributed by atoms with Crippen LogP contribution in [0.15, 0.2) is 94.7 Å². The maximum Gasteiger partial charge on any atom is 0.305 e. The smallest absolute Gasteiger partial charge is 0.305 e. The second-order valence-electron chi connectivity index (χ2n) is 10.8. The van der Waals surface area contributed by atoms with Crippen LogP contribution >= 0.6 is 34.7 Å². The van der Waals surface area contributed by atoms with Gasteiger partial charge in [0, 0.05) is 21.5 Å². The molecule has 0 unspecified atom stereocenters. The first kappa shape index (κ1) is 30.1. The van der Waals surface area contributed by atoms with Gasteiger partial charge in [0.05, 0.1) is 23.2 Å². The number of aromatic amines is 1. The number of H-pyrrole nitrogens is 1. The molecule has 12 heteroatoms. The topological polar surface area (TPSA) is 118 Å². The molecular formula is C34H26ClN3O6S2. The maximum atomic E-state index is 14.0. The summed E-state index contributed by atoms with van der Waals surface area (Å²) in [5.74, 6) is -1.68. The summed E-state index contributed by atoms with van der Waals surface area (Å²) in [4.78, 5) is 57.4. The average Bonchev–Trinajstić information content (AvgIpc) is 3.54. The van der Waals surface area contributed by atoms with Gasteiger partial charge in [0.25, 0.3) is 5.91 Å². The Morgan fingerprint density at radius 3 is 2.48 bits per heavy atom. The molecule has 0 saturated carbocycles. The number of carbonyl (C=O) groups excluding carboxylic acids is 3. The van der Waals surface area contributed by atoms with Gasteiger partial charge in [-0.3, -0.25) is 19.2 Å². The summed E-state index contributed by atoms with van der Waals surface area (Å²) in [6.45, 7) is 1.89. The van der Waals surface area contributed by atoms with Crippen molar-refractivity contribution in [3.8, 4) is 11.5 Å². The number of imide groups is 1. The monoisotopic (exact) mass is 671 g/mol. The predicted molar refractivity (Wildman–Crippen MR) is 180 cm³/mol. The molecule has 1 aromatic heterocycles. The van der Waals surface area contributed by atoms with Crippen molar-refractivity contribution in [3.05, 3.63) is 110 Å². The second-order valence-corrected chi connectivity index (χ2v) is 13.4. The second kappa shape index (κ2) is 12.3. The van der Waals surface area contributed by atoms with Crippen LogP contribution in [0.4, 0.5) is 11.4 Å². The van der Waals surface area contributed by atoms with E-state index in [1.165, 1.54) is 16.7 Å². The highest BCUT2D eigenvalue weighted by Gasteiger charge is 2.56. The van der Waals surface area contributed by atoms with Crippen LogP contribution in [0.3, 0.4) is 0 Å². The number of fused-ring (bicyclic) bond motifs is 3. The third-order valence-corrected chi connectivity index (χ3v) is 10.6. The molecule has 0 radical (unpaired) electrons. The molecule has 3 amide bonds. The molecule has 4 aromatic carbocycles. The molecular weight excluding hydrogens is 646 g/mol. The lowest BCUT2D eigenvalue weighted by molar-refractivity contribution is -0.122. The van der Waals surface area contributed by atoms with E-state index in [9.17, 15) is 19.2 Å². The molecule has 46 heavy (non-hydrogen) atoms. The summed E-state index contributed by atoms with van der Waals surface area (Å²) in [6.07, 6.45) is 0. The van der Waals surface area contributed by atoms with Crippen LogP contribution in [0, 0.1) is 5.92 Å². The van der Waals surface area contributed by atoms with Crippen molar-refractivity contribution in [1.29, 1.82) is 0 Å². The number of anilines is 2. The van der Waals surface area contributed by atoms with Gasteiger partial charge in [-0.15, -0.1) is 0 Å². The van der Waals surface area contributed by atoms with E-state index in [1.54, 1.807) is 42.5 Å². The highest BCUT2D eigenvalue weighted by molar-refractivity contribution is 8.00. The number of benzene rings is 4. The molecule has 3 atom stereocenters. The minimum atomic E-state index is -0.763. The fraction of sp³-hybridized carbons (Fsp3) is 0.176. The molecule has 1 fully saturated rings. The fourth-order valence-electron chi connectivity index (χ4n) is 5.93. The van der Waals surface area contributed by atoms with E-state index in [0.717, 1.165) is 22.1 Å². The number of ether oxygens (including phenoxy) is 2. The summed E-state index contributed by atoms with van der Waals surface area (Å²) < 4.78 is 11.8. The Bertz CT molecular complexity index is 2060. The Balaban J connectivity index is 1.16. The van der Waals surface area contributed by atoms with E-state index in [0.29, 0.717) is 50.0 Å². The van der Waals surface area contributed by atoms with E-state index < -0.39 is 17.1 Å². The van der Waals surface area contributed by atoms with Crippen molar-refractivity contribution in [3.63, 3.8) is 0 Å². The first-order valence-corrected chi connectivity index (χ1v) is 16.6. The van der Waals surface area contributed by atoms with Crippen molar-refractivity contribution in [1.82, 2.24) is 4.98 Å². The van der Waals surface area contributed by atoms with E-state index in [-0.39, 0.29) is 29.2 Å². The lowest BCUT2D eigenvalue weighted by atomic mass is 9.83. The lowest BCUT2D eigenvalue weighted by Gasteiger charge is -2.30. The number of aromatic nitrogens is 1. The summed E-state index contributed by atoms with van der Waals surface area (Å²) in [5.41, 5.74) is 1.77. The van der Waals surface area contributed by atoms with Gasteiger partial charge in [0.15, 0.2) is 18.1 Å². The zero-order chi connectivity index (χ0) is 31.9. The normalized spacial score (nSPS) is 18.7. The van der Waals surface area contributed by atoms with Gasteiger partial charge < -0.3 is 19.8 Å². The number of thiazole rings is 1. The van der Waals surface area contributed by atoms with E-state index in [2.05, 4.69) is 10.3 Å². The Hall–Kier alpha value is -4.58. The number of rotatable bonds is 8. The van der Waals surface area contributed by atoms with Gasteiger partial charge in [-0.2, -0.15) is 0 Å². The number of amides is 3. The van der Waals surface area contributed by atoms with Gasteiger partial charge in [-0.1, -0.05) is 71.1 Å². The molecule has 0 aliphatic carbocycles. The van der Waals surface area contributed by atoms with Crippen molar-refractivity contribution in [2.75, 3.05) is 23.4 Å². The zero-order valence-electron chi connectivity index (χ0n) is 24.3. The van der Waals surface area contributed by atoms with Crippen LogP contribution in [0.1, 0.15) is 23.3 Å². The van der Waals surface area contributed by atoms with E-state index in [4.69, 9.17) is 21.1 Å². The summed E-state index contributed by atoms with van der Waals surface area (Å²) in [5, 5.41) is 5.27. The maximum absolute atomic E-state index is 14.0. The standard InChI is InChI=1S/C34H26ClN3O6S2/c1-2-43-25-16-20(8-14-24(25)44-17-26(39)36-22-11-7-18-5-3-4-6-19(18)15-22)27-28-30(45-31-29(27)46-34(42)37-31)33(41)38(32(28)40)23-12-9-21(35)10-13-23/h3-16,27-28,30H,2,17H2,1H3,(H,36,39)(H,37,42)/t27-,28-,30+/m0/s1. The zero-order valence-corrected chi connectivity index (χ0v) is 26.7. The molecule has 5 aromatic rings. The summed E-state index contributed by atoms with van der Waals surface area (Å²) in [7, 11) is 0. The van der Waals surface area contributed by atoms with Gasteiger partial charge in [-0.05, 0) is 71.8 Å². The molecule has 2 N–H and O–H groups in total. The molecule has 2 aliphatic heterocycles. The molecule has 7 rings (SSSR count). The lowest BCUT2D eigenvalue weighted by Crippen LogP contribution is -2.32. The molecule has 0 spiro atoms. The molecule has 9 nitrogen and oxygen atoms in total. The Kier molecular flexibility index (Phi) is 8.06. The summed E-state index contributed by atoms with van der Waals surface area (Å²) in [6, 6.07) is 25.3. The highest BCUT2D eigenvalue weighted by atomic mass is 35.5. The van der Waals surface area contributed by atoms with Crippen molar-refractivity contribution >= 4 is 74.6 Å². The third-order valence-electron chi connectivity index (χ3n) is 7.93.